The molecule has 0 fully saturated rings. The van der Waals surface area contributed by atoms with Crippen LogP contribution in [-0.2, 0) is 20.9 Å². The molecule has 0 aliphatic carbocycles. The number of aryl methyl sites for hydroxylation is 1. The summed E-state index contributed by atoms with van der Waals surface area (Å²) in [6.45, 7) is 2.76. The maximum Gasteiger partial charge on any atom is 0.251 e. The second-order valence-corrected chi connectivity index (χ2v) is 11.5. The van der Waals surface area contributed by atoms with Gasteiger partial charge in [0.1, 0.15) is 11.2 Å². The zero-order valence-corrected chi connectivity index (χ0v) is 28.0. The van der Waals surface area contributed by atoms with Crippen molar-refractivity contribution in [3.05, 3.63) is 97.8 Å². The van der Waals surface area contributed by atoms with Gasteiger partial charge in [0, 0.05) is 55.7 Å². The molecule has 0 aliphatic heterocycles. The standard InChI is InChI=1S/C32H32BrCl2N5O5/c1-20-30(33)40-16-4-6-26(31(40)38-20)45-19-23-24(34)12-13-25(29(23)35)39(2)28(42)18-37-27(41)14-9-21-7-10-22(11-8-21)32(43)36-15-5-17-44-3/h4,6-14,16H,5,15,17-19H2,1-3H3,(H,36,43)(H,37,41). The van der Waals surface area contributed by atoms with Crippen LogP contribution in [0.5, 0.6) is 5.75 Å². The normalized spacial score (nSPS) is 11.2. The van der Waals surface area contributed by atoms with Crippen molar-refractivity contribution < 1.29 is 23.9 Å². The number of aromatic nitrogens is 2. The zero-order chi connectivity index (χ0) is 32.5. The number of carbonyl (C=O) groups excluding carboxylic acids is 3. The molecule has 2 heterocycles. The van der Waals surface area contributed by atoms with Crippen molar-refractivity contribution in [3.8, 4) is 5.75 Å². The monoisotopic (exact) mass is 715 g/mol. The van der Waals surface area contributed by atoms with Gasteiger partial charge >= 0.3 is 0 Å². The second-order valence-electron chi connectivity index (χ2n) is 9.93. The van der Waals surface area contributed by atoms with Gasteiger partial charge in [-0.2, -0.15) is 0 Å². The molecule has 2 N–H and O–H groups in total. The van der Waals surface area contributed by atoms with Gasteiger partial charge in [0.15, 0.2) is 11.4 Å². The van der Waals surface area contributed by atoms with Gasteiger partial charge in [-0.15, -0.1) is 0 Å². The minimum Gasteiger partial charge on any atom is -0.485 e. The molecule has 236 valence electrons. The molecule has 13 heteroatoms. The number of rotatable bonds is 13. The van der Waals surface area contributed by atoms with Gasteiger partial charge in [-0.05, 0) is 77.3 Å². The highest BCUT2D eigenvalue weighted by atomic mass is 79.9. The molecule has 3 amide bonds. The number of hydrogen-bond acceptors (Lipinski definition) is 6. The highest BCUT2D eigenvalue weighted by Gasteiger charge is 2.20. The lowest BCUT2D eigenvalue weighted by Crippen LogP contribution is -2.37. The van der Waals surface area contributed by atoms with Gasteiger partial charge < -0.3 is 25.0 Å². The summed E-state index contributed by atoms with van der Waals surface area (Å²) >= 11 is 16.7. The highest BCUT2D eigenvalue weighted by Crippen LogP contribution is 2.35. The van der Waals surface area contributed by atoms with E-state index in [0.717, 1.165) is 22.3 Å². The Hall–Kier alpha value is -3.90. The van der Waals surface area contributed by atoms with Gasteiger partial charge in [0.2, 0.25) is 11.8 Å². The quantitative estimate of drug-likeness (QED) is 0.133. The zero-order valence-electron chi connectivity index (χ0n) is 24.9. The number of pyridine rings is 1. The van der Waals surface area contributed by atoms with Crippen molar-refractivity contribution >= 4 is 74.3 Å². The first-order valence-electron chi connectivity index (χ1n) is 13.9. The number of ether oxygens (including phenoxy) is 2. The van der Waals surface area contributed by atoms with Crippen molar-refractivity contribution in [3.63, 3.8) is 0 Å². The maximum atomic E-state index is 12.9. The molecular formula is C32H32BrCl2N5O5. The third kappa shape index (κ3) is 8.64. The summed E-state index contributed by atoms with van der Waals surface area (Å²) < 4.78 is 13.7. The molecule has 45 heavy (non-hydrogen) atoms. The van der Waals surface area contributed by atoms with Gasteiger partial charge in [-0.1, -0.05) is 35.3 Å². The average Bonchev–Trinajstić information content (AvgIpc) is 3.34. The van der Waals surface area contributed by atoms with Crippen LogP contribution in [0.4, 0.5) is 5.69 Å². The fourth-order valence-corrected chi connectivity index (χ4v) is 5.26. The third-order valence-corrected chi connectivity index (χ3v) is 8.54. The summed E-state index contributed by atoms with van der Waals surface area (Å²) in [6, 6.07) is 13.7. The molecule has 0 radical (unpaired) electrons. The summed E-state index contributed by atoms with van der Waals surface area (Å²) in [4.78, 5) is 43.5. The number of fused-ring (bicyclic) bond motifs is 1. The van der Waals surface area contributed by atoms with Gasteiger partial charge in [-0.3, -0.25) is 18.8 Å². The molecule has 2 aromatic heterocycles. The van der Waals surface area contributed by atoms with Crippen LogP contribution in [0, 0.1) is 6.92 Å². The molecule has 0 bridgehead atoms. The molecule has 0 aliphatic rings. The van der Waals surface area contributed by atoms with E-state index in [-0.39, 0.29) is 24.1 Å². The Morgan fingerprint density at radius 3 is 2.58 bits per heavy atom. The molecule has 4 aromatic rings. The number of carbonyl (C=O) groups is 3. The lowest BCUT2D eigenvalue weighted by atomic mass is 10.1. The van der Waals surface area contributed by atoms with Crippen LogP contribution in [0.1, 0.15) is 33.6 Å². The molecule has 0 spiro atoms. The van der Waals surface area contributed by atoms with Crippen molar-refractivity contribution in [2.24, 2.45) is 0 Å². The number of hydrogen-bond donors (Lipinski definition) is 2. The maximum absolute atomic E-state index is 12.9. The number of methoxy groups -OCH3 is 1. The van der Waals surface area contributed by atoms with Gasteiger partial charge in [-0.25, -0.2) is 4.98 Å². The largest absolute Gasteiger partial charge is 0.485 e. The number of nitrogens with zero attached hydrogens (tertiary/aromatic N) is 3. The Balaban J connectivity index is 1.32. The van der Waals surface area contributed by atoms with Crippen molar-refractivity contribution in [1.29, 1.82) is 0 Å². The van der Waals surface area contributed by atoms with Crippen LogP contribution in [0.25, 0.3) is 11.7 Å². The van der Waals surface area contributed by atoms with Crippen LogP contribution in [0.15, 0.2) is 65.4 Å². The van der Waals surface area contributed by atoms with Crippen LogP contribution >= 0.6 is 39.1 Å². The summed E-state index contributed by atoms with van der Waals surface area (Å²) in [5, 5.41) is 6.04. The smallest absolute Gasteiger partial charge is 0.251 e. The molecular weight excluding hydrogens is 685 g/mol. The Bertz CT molecular complexity index is 1730. The Morgan fingerprint density at radius 1 is 1.09 bits per heavy atom. The molecule has 10 nitrogen and oxygen atoms in total. The summed E-state index contributed by atoms with van der Waals surface area (Å²) in [7, 11) is 3.17. The van der Waals surface area contributed by atoms with Crippen LogP contribution in [0.3, 0.4) is 0 Å². The second kappa shape index (κ2) is 15.9. The van der Waals surface area contributed by atoms with Crippen LogP contribution in [0.2, 0.25) is 10.0 Å². The Labute approximate surface area is 279 Å². The fraction of sp³-hybridized carbons (Fsp3) is 0.250. The Morgan fingerprint density at radius 2 is 1.84 bits per heavy atom. The molecule has 0 saturated carbocycles. The third-order valence-electron chi connectivity index (χ3n) is 6.81. The fourth-order valence-electron chi connectivity index (χ4n) is 4.28. The minimum atomic E-state index is -0.456. The van der Waals surface area contributed by atoms with E-state index in [4.69, 9.17) is 32.7 Å². The SMILES string of the molecule is COCCCNC(=O)c1ccc(C=CC(=O)NCC(=O)N(C)c2ccc(Cl)c(COc3cccn4c(Br)c(C)nc34)c2Cl)cc1. The lowest BCUT2D eigenvalue weighted by molar-refractivity contribution is -0.122. The number of likely N-dealkylation sites (N-methyl/N-ethyl adjacent to an activating group) is 1. The molecule has 4 rings (SSSR count). The average molecular weight is 717 g/mol. The first kappa shape index (κ1) is 34.0. The molecule has 0 saturated heterocycles. The van der Waals surface area contributed by atoms with E-state index in [2.05, 4.69) is 31.5 Å². The van der Waals surface area contributed by atoms with E-state index in [1.165, 1.54) is 11.0 Å². The Kier molecular flexibility index (Phi) is 12.0. The first-order chi connectivity index (χ1) is 21.6. The van der Waals surface area contributed by atoms with Gasteiger partial charge in [0.05, 0.1) is 22.9 Å². The molecule has 0 unspecified atom stereocenters. The number of halogens is 3. The van der Waals surface area contributed by atoms with Gasteiger partial charge in [0.25, 0.3) is 5.91 Å². The lowest BCUT2D eigenvalue weighted by Gasteiger charge is -2.21. The van der Waals surface area contributed by atoms with Crippen molar-refractivity contribution in [2.75, 3.05) is 38.8 Å². The van der Waals surface area contributed by atoms with E-state index in [9.17, 15) is 14.4 Å². The van der Waals surface area contributed by atoms with Crippen molar-refractivity contribution in [1.82, 2.24) is 20.0 Å². The molecule has 2 aromatic carbocycles. The van der Waals surface area contributed by atoms with E-state index in [1.807, 2.05) is 23.6 Å². The van der Waals surface area contributed by atoms with Crippen LogP contribution in [-0.4, -0.2) is 61.0 Å². The molecule has 0 atom stereocenters. The van der Waals surface area contributed by atoms with E-state index < -0.39 is 11.8 Å². The highest BCUT2D eigenvalue weighted by molar-refractivity contribution is 9.10. The predicted octanol–water partition coefficient (Wildman–Crippen LogP) is 5.85. The minimum absolute atomic E-state index is 0.0400. The topological polar surface area (TPSA) is 114 Å². The van der Waals surface area contributed by atoms with Crippen LogP contribution < -0.4 is 20.3 Å². The van der Waals surface area contributed by atoms with E-state index in [0.29, 0.717) is 46.4 Å². The summed E-state index contributed by atoms with van der Waals surface area (Å²) in [6.07, 6.45) is 5.50. The summed E-state index contributed by atoms with van der Waals surface area (Å²) in [5.74, 6) is -0.490. The summed E-state index contributed by atoms with van der Waals surface area (Å²) in [5.41, 5.74) is 3.60. The van der Waals surface area contributed by atoms with Crippen molar-refractivity contribution in [2.45, 2.75) is 20.0 Å². The number of anilines is 1. The van der Waals surface area contributed by atoms with E-state index in [1.54, 1.807) is 62.7 Å². The predicted molar refractivity (Wildman–Crippen MR) is 179 cm³/mol. The first-order valence-corrected chi connectivity index (χ1v) is 15.5. The number of benzene rings is 2. The van der Waals surface area contributed by atoms with E-state index >= 15 is 0 Å². The number of amides is 3. The number of nitrogens with one attached hydrogen (secondary N) is 2. The number of imidazole rings is 1.